The van der Waals surface area contributed by atoms with E-state index in [0.29, 0.717) is 19.5 Å². The van der Waals surface area contributed by atoms with Crippen molar-refractivity contribution in [1.29, 1.82) is 0 Å². The summed E-state index contributed by atoms with van der Waals surface area (Å²) in [6.07, 6.45) is 2.57. The Morgan fingerprint density at radius 1 is 1.32 bits per heavy atom. The van der Waals surface area contributed by atoms with E-state index in [4.69, 9.17) is 5.11 Å². The van der Waals surface area contributed by atoms with Crippen LogP contribution < -0.4 is 5.32 Å². The van der Waals surface area contributed by atoms with Crippen LogP contribution in [-0.4, -0.2) is 26.7 Å². The van der Waals surface area contributed by atoms with Gasteiger partial charge in [-0.1, -0.05) is 21.1 Å². The van der Waals surface area contributed by atoms with Crippen molar-refractivity contribution < 1.29 is 5.11 Å². The molecular weight excluding hydrogens is 376 g/mol. The van der Waals surface area contributed by atoms with Gasteiger partial charge >= 0.3 is 0 Å². The van der Waals surface area contributed by atoms with E-state index in [1.165, 1.54) is 0 Å². The summed E-state index contributed by atoms with van der Waals surface area (Å²) in [7, 11) is 0. The SMILES string of the molecule is OCCCn1cc(CNc2cc(Br)ccc2Br)nn1. The van der Waals surface area contributed by atoms with Gasteiger partial charge in [-0.15, -0.1) is 5.10 Å². The lowest BCUT2D eigenvalue weighted by molar-refractivity contribution is 0.276. The fraction of sp³-hybridized carbons (Fsp3) is 0.333. The van der Waals surface area contributed by atoms with E-state index in [-0.39, 0.29) is 6.61 Å². The zero-order chi connectivity index (χ0) is 13.7. The van der Waals surface area contributed by atoms with Gasteiger partial charge in [0.1, 0.15) is 5.69 Å². The Kier molecular flexibility index (Phi) is 5.35. The van der Waals surface area contributed by atoms with Gasteiger partial charge < -0.3 is 10.4 Å². The molecular formula is C12H14Br2N4O. The molecule has 0 aliphatic carbocycles. The monoisotopic (exact) mass is 388 g/mol. The van der Waals surface area contributed by atoms with Crippen molar-refractivity contribution in [3.05, 3.63) is 39.0 Å². The second-order valence-electron chi connectivity index (χ2n) is 4.03. The number of anilines is 1. The average molecular weight is 390 g/mol. The number of hydrogen-bond acceptors (Lipinski definition) is 4. The van der Waals surface area contributed by atoms with Crippen molar-refractivity contribution in [2.75, 3.05) is 11.9 Å². The van der Waals surface area contributed by atoms with Gasteiger partial charge in [-0.25, -0.2) is 0 Å². The molecule has 1 aromatic carbocycles. The number of benzene rings is 1. The Hall–Kier alpha value is -0.920. The number of aliphatic hydroxyl groups excluding tert-OH is 1. The number of halogens is 2. The number of rotatable bonds is 6. The largest absolute Gasteiger partial charge is 0.396 e. The summed E-state index contributed by atoms with van der Waals surface area (Å²) < 4.78 is 3.76. The summed E-state index contributed by atoms with van der Waals surface area (Å²) in [6.45, 7) is 1.46. The van der Waals surface area contributed by atoms with Crippen molar-refractivity contribution in [1.82, 2.24) is 15.0 Å². The van der Waals surface area contributed by atoms with Crippen LogP contribution in [0.4, 0.5) is 5.69 Å². The zero-order valence-corrected chi connectivity index (χ0v) is 13.4. The molecule has 19 heavy (non-hydrogen) atoms. The Labute approximate surface area is 128 Å². The lowest BCUT2D eigenvalue weighted by Gasteiger charge is -2.07. The van der Waals surface area contributed by atoms with E-state index in [0.717, 1.165) is 20.3 Å². The molecule has 1 heterocycles. The van der Waals surface area contributed by atoms with Crippen LogP contribution in [0.5, 0.6) is 0 Å². The molecule has 2 aromatic rings. The standard InChI is InChI=1S/C12H14Br2N4O/c13-9-2-3-11(14)12(6-9)15-7-10-8-18(17-16-10)4-1-5-19/h2-3,6,8,15,19H,1,4-5,7H2. The van der Waals surface area contributed by atoms with Gasteiger partial charge in [-0.05, 0) is 40.5 Å². The van der Waals surface area contributed by atoms with Crippen LogP contribution in [0.2, 0.25) is 0 Å². The maximum absolute atomic E-state index is 8.76. The topological polar surface area (TPSA) is 63.0 Å². The predicted octanol–water partition coefficient (Wildman–Crippen LogP) is 2.80. The number of aliphatic hydroxyl groups is 1. The molecule has 0 atom stereocenters. The van der Waals surface area contributed by atoms with Gasteiger partial charge in [-0.2, -0.15) is 0 Å². The Morgan fingerprint density at radius 2 is 2.16 bits per heavy atom. The predicted molar refractivity (Wildman–Crippen MR) is 80.9 cm³/mol. The van der Waals surface area contributed by atoms with Crippen molar-refractivity contribution in [2.24, 2.45) is 0 Å². The number of aromatic nitrogens is 3. The highest BCUT2D eigenvalue weighted by Gasteiger charge is 2.03. The fourth-order valence-electron chi connectivity index (χ4n) is 1.58. The molecule has 0 spiro atoms. The molecule has 2 rings (SSSR count). The summed E-state index contributed by atoms with van der Waals surface area (Å²) in [4.78, 5) is 0. The normalized spacial score (nSPS) is 10.7. The van der Waals surface area contributed by atoms with Crippen LogP contribution in [0.3, 0.4) is 0 Å². The number of aryl methyl sites for hydroxylation is 1. The highest BCUT2D eigenvalue weighted by Crippen LogP contribution is 2.26. The van der Waals surface area contributed by atoms with E-state index in [1.807, 2.05) is 24.4 Å². The molecule has 0 radical (unpaired) electrons. The molecule has 5 nitrogen and oxygen atoms in total. The van der Waals surface area contributed by atoms with Crippen molar-refractivity contribution in [2.45, 2.75) is 19.5 Å². The van der Waals surface area contributed by atoms with E-state index in [2.05, 4.69) is 47.5 Å². The van der Waals surface area contributed by atoms with Crippen molar-refractivity contribution in [3.63, 3.8) is 0 Å². The minimum atomic E-state index is 0.165. The van der Waals surface area contributed by atoms with E-state index >= 15 is 0 Å². The maximum atomic E-state index is 8.76. The number of nitrogens with zero attached hydrogens (tertiary/aromatic N) is 3. The Morgan fingerprint density at radius 3 is 2.95 bits per heavy atom. The summed E-state index contributed by atoms with van der Waals surface area (Å²) in [5, 5.41) is 20.1. The quantitative estimate of drug-likeness (QED) is 0.797. The van der Waals surface area contributed by atoms with Crippen LogP contribution >= 0.6 is 31.9 Å². The average Bonchev–Trinajstić information content (AvgIpc) is 2.85. The van der Waals surface area contributed by atoms with Gasteiger partial charge in [0.05, 0.1) is 12.7 Å². The maximum Gasteiger partial charge on any atom is 0.102 e. The fourth-order valence-corrected chi connectivity index (χ4v) is 2.33. The van der Waals surface area contributed by atoms with Gasteiger partial charge in [0, 0.05) is 27.8 Å². The molecule has 0 aliphatic heterocycles. The first-order valence-electron chi connectivity index (χ1n) is 5.88. The molecule has 0 aliphatic rings. The first-order valence-corrected chi connectivity index (χ1v) is 7.46. The number of nitrogens with one attached hydrogen (secondary N) is 1. The van der Waals surface area contributed by atoms with Crippen LogP contribution in [0.15, 0.2) is 33.3 Å². The van der Waals surface area contributed by atoms with Crippen LogP contribution in [-0.2, 0) is 13.1 Å². The second-order valence-corrected chi connectivity index (χ2v) is 5.80. The van der Waals surface area contributed by atoms with Gasteiger partial charge in [0.25, 0.3) is 0 Å². The highest BCUT2D eigenvalue weighted by atomic mass is 79.9. The second kappa shape index (κ2) is 7.02. The molecule has 1 aromatic heterocycles. The van der Waals surface area contributed by atoms with Gasteiger partial charge in [0.2, 0.25) is 0 Å². The smallest absolute Gasteiger partial charge is 0.102 e. The van der Waals surface area contributed by atoms with E-state index in [9.17, 15) is 0 Å². The summed E-state index contributed by atoms with van der Waals surface area (Å²) in [6, 6.07) is 5.95. The third kappa shape index (κ3) is 4.29. The van der Waals surface area contributed by atoms with Crippen molar-refractivity contribution >= 4 is 37.5 Å². The zero-order valence-electron chi connectivity index (χ0n) is 10.2. The molecule has 7 heteroatoms. The summed E-state index contributed by atoms with van der Waals surface area (Å²) in [5.41, 5.74) is 1.86. The molecule has 102 valence electrons. The van der Waals surface area contributed by atoms with Crippen LogP contribution in [0, 0.1) is 0 Å². The highest BCUT2D eigenvalue weighted by molar-refractivity contribution is 9.11. The van der Waals surface area contributed by atoms with Crippen LogP contribution in [0.25, 0.3) is 0 Å². The van der Waals surface area contributed by atoms with Gasteiger partial charge in [-0.3, -0.25) is 4.68 Å². The first kappa shape index (κ1) is 14.5. The van der Waals surface area contributed by atoms with Crippen LogP contribution in [0.1, 0.15) is 12.1 Å². The Bertz CT molecular complexity index is 544. The summed E-state index contributed by atoms with van der Waals surface area (Å²) >= 11 is 6.93. The van der Waals surface area contributed by atoms with E-state index in [1.54, 1.807) is 4.68 Å². The molecule has 0 saturated carbocycles. The minimum absolute atomic E-state index is 0.165. The van der Waals surface area contributed by atoms with Gasteiger partial charge in [0.15, 0.2) is 0 Å². The third-order valence-electron chi connectivity index (χ3n) is 2.52. The third-order valence-corrected chi connectivity index (χ3v) is 3.70. The van der Waals surface area contributed by atoms with Crippen molar-refractivity contribution in [3.8, 4) is 0 Å². The summed E-state index contributed by atoms with van der Waals surface area (Å²) in [5.74, 6) is 0. The molecule has 0 amide bonds. The molecule has 0 fully saturated rings. The molecule has 2 N–H and O–H groups in total. The van der Waals surface area contributed by atoms with E-state index < -0.39 is 0 Å². The number of hydrogen-bond donors (Lipinski definition) is 2. The first-order chi connectivity index (χ1) is 9.19. The molecule has 0 unspecified atom stereocenters. The lowest BCUT2D eigenvalue weighted by atomic mass is 10.3. The molecule has 0 bridgehead atoms. The minimum Gasteiger partial charge on any atom is -0.396 e. The lowest BCUT2D eigenvalue weighted by Crippen LogP contribution is -2.01. The molecule has 0 saturated heterocycles. The Balaban J connectivity index is 1.94.